The van der Waals surface area contributed by atoms with Crippen molar-refractivity contribution in [1.82, 2.24) is 9.55 Å². The van der Waals surface area contributed by atoms with Crippen molar-refractivity contribution >= 4 is 17.0 Å². The van der Waals surface area contributed by atoms with Crippen molar-refractivity contribution in [3.05, 3.63) is 23.5 Å². The largest absolute Gasteiger partial charge is 0.383 e. The zero-order valence-corrected chi connectivity index (χ0v) is 9.33. The monoisotopic (exact) mass is 223 g/mol. The van der Waals surface area contributed by atoms with Gasteiger partial charge in [0, 0.05) is 19.7 Å². The van der Waals surface area contributed by atoms with Gasteiger partial charge in [-0.2, -0.15) is 0 Å². The number of nitrogens with two attached hydrogens (primary N) is 1. The van der Waals surface area contributed by atoms with E-state index in [1.807, 2.05) is 4.57 Å². The first kappa shape index (κ1) is 10.9. The standard InChI is InChI=1S/C11H14FN3O/c1-7-5-10-9(6-8(7)12)14-11(13)15(10)3-4-16-2/h5-6H,3-4H2,1-2H3,(H2,13,14). The zero-order chi connectivity index (χ0) is 11.7. The number of benzene rings is 1. The number of nitrogens with zero attached hydrogens (tertiary/aromatic N) is 2. The van der Waals surface area contributed by atoms with Crippen molar-refractivity contribution in [2.45, 2.75) is 13.5 Å². The van der Waals surface area contributed by atoms with E-state index >= 15 is 0 Å². The van der Waals surface area contributed by atoms with Crippen LogP contribution in [0.5, 0.6) is 0 Å². The van der Waals surface area contributed by atoms with Crippen LogP contribution in [-0.2, 0) is 11.3 Å². The number of rotatable bonds is 3. The number of methoxy groups -OCH3 is 1. The molecule has 1 aromatic carbocycles. The van der Waals surface area contributed by atoms with Crippen molar-refractivity contribution in [2.24, 2.45) is 0 Å². The van der Waals surface area contributed by atoms with Gasteiger partial charge in [0.25, 0.3) is 0 Å². The Morgan fingerprint density at radius 1 is 1.50 bits per heavy atom. The molecule has 0 amide bonds. The normalized spacial score (nSPS) is 11.2. The molecule has 0 saturated carbocycles. The molecule has 4 nitrogen and oxygen atoms in total. The first-order valence-electron chi connectivity index (χ1n) is 5.04. The highest BCUT2D eigenvalue weighted by Gasteiger charge is 2.10. The maximum absolute atomic E-state index is 13.3. The molecule has 1 aromatic heterocycles. The minimum atomic E-state index is -0.260. The molecule has 16 heavy (non-hydrogen) atoms. The minimum absolute atomic E-state index is 0.260. The average Bonchev–Trinajstić information content (AvgIpc) is 2.52. The molecule has 0 aliphatic heterocycles. The van der Waals surface area contributed by atoms with Gasteiger partial charge in [0.2, 0.25) is 5.95 Å². The number of aryl methyl sites for hydroxylation is 1. The molecule has 0 aliphatic rings. The van der Waals surface area contributed by atoms with Gasteiger partial charge in [0.1, 0.15) is 5.82 Å². The van der Waals surface area contributed by atoms with Crippen molar-refractivity contribution in [3.63, 3.8) is 0 Å². The maximum Gasteiger partial charge on any atom is 0.201 e. The number of hydrogen-bond donors (Lipinski definition) is 1. The smallest absolute Gasteiger partial charge is 0.201 e. The predicted octanol–water partition coefficient (Wildman–Crippen LogP) is 1.71. The van der Waals surface area contributed by atoms with E-state index < -0.39 is 0 Å². The summed E-state index contributed by atoms with van der Waals surface area (Å²) in [6.07, 6.45) is 0. The van der Waals surface area contributed by atoms with Gasteiger partial charge in [-0.3, -0.25) is 0 Å². The number of anilines is 1. The van der Waals surface area contributed by atoms with Crippen LogP contribution in [0, 0.1) is 12.7 Å². The number of nitrogen functional groups attached to an aromatic ring is 1. The van der Waals surface area contributed by atoms with Crippen molar-refractivity contribution in [2.75, 3.05) is 19.5 Å². The van der Waals surface area contributed by atoms with E-state index in [1.165, 1.54) is 6.07 Å². The molecule has 0 saturated heterocycles. The van der Waals surface area contributed by atoms with Crippen LogP contribution in [0.1, 0.15) is 5.56 Å². The van der Waals surface area contributed by atoms with Crippen molar-refractivity contribution in [3.8, 4) is 0 Å². The van der Waals surface area contributed by atoms with Gasteiger partial charge in [-0.05, 0) is 18.6 Å². The second-order valence-electron chi connectivity index (χ2n) is 3.70. The fourth-order valence-electron chi connectivity index (χ4n) is 1.69. The summed E-state index contributed by atoms with van der Waals surface area (Å²) in [6, 6.07) is 3.16. The van der Waals surface area contributed by atoms with Crippen molar-refractivity contribution in [1.29, 1.82) is 0 Å². The number of ether oxygens (including phenoxy) is 1. The van der Waals surface area contributed by atoms with Gasteiger partial charge in [-0.25, -0.2) is 9.37 Å². The van der Waals surface area contributed by atoms with Crippen LogP contribution >= 0.6 is 0 Å². The number of fused-ring (bicyclic) bond motifs is 1. The molecule has 0 radical (unpaired) electrons. The highest BCUT2D eigenvalue weighted by molar-refractivity contribution is 5.79. The SMILES string of the molecule is COCCn1c(N)nc2cc(F)c(C)cc21. The molecule has 5 heteroatoms. The predicted molar refractivity (Wildman–Crippen MR) is 60.7 cm³/mol. The lowest BCUT2D eigenvalue weighted by molar-refractivity contribution is 0.189. The highest BCUT2D eigenvalue weighted by atomic mass is 19.1. The summed E-state index contributed by atoms with van der Waals surface area (Å²) in [6.45, 7) is 2.88. The Hall–Kier alpha value is -1.62. The third-order valence-electron chi connectivity index (χ3n) is 2.58. The van der Waals surface area contributed by atoms with Crippen molar-refractivity contribution < 1.29 is 9.13 Å². The average molecular weight is 223 g/mol. The lowest BCUT2D eigenvalue weighted by Gasteiger charge is -2.05. The summed E-state index contributed by atoms with van der Waals surface area (Å²) in [5, 5.41) is 0. The first-order valence-corrected chi connectivity index (χ1v) is 5.04. The molecule has 86 valence electrons. The van der Waals surface area contributed by atoms with E-state index in [0.717, 1.165) is 5.52 Å². The summed E-state index contributed by atoms with van der Waals surface area (Å²) >= 11 is 0. The van der Waals surface area contributed by atoms with Gasteiger partial charge >= 0.3 is 0 Å². The summed E-state index contributed by atoms with van der Waals surface area (Å²) < 4.78 is 20.1. The van der Waals surface area contributed by atoms with E-state index in [9.17, 15) is 4.39 Å². The minimum Gasteiger partial charge on any atom is -0.383 e. The van der Waals surface area contributed by atoms with Crippen LogP contribution in [0.3, 0.4) is 0 Å². The number of halogens is 1. The zero-order valence-electron chi connectivity index (χ0n) is 9.33. The first-order chi connectivity index (χ1) is 7.63. The molecule has 0 spiro atoms. The van der Waals surface area contributed by atoms with Crippen LogP contribution in [0.25, 0.3) is 11.0 Å². The fourth-order valence-corrected chi connectivity index (χ4v) is 1.69. The summed E-state index contributed by atoms with van der Waals surface area (Å²) in [5.74, 6) is 0.126. The molecule has 2 rings (SSSR count). The van der Waals surface area contributed by atoms with Crippen LogP contribution in [0.15, 0.2) is 12.1 Å². The van der Waals surface area contributed by atoms with E-state index in [4.69, 9.17) is 10.5 Å². The lowest BCUT2D eigenvalue weighted by Crippen LogP contribution is -2.07. The Morgan fingerprint density at radius 3 is 2.94 bits per heavy atom. The number of hydrogen-bond acceptors (Lipinski definition) is 3. The molecule has 0 unspecified atom stereocenters. The molecule has 0 fully saturated rings. The Bertz CT molecular complexity index is 521. The van der Waals surface area contributed by atoms with Gasteiger partial charge in [0.15, 0.2) is 0 Å². The van der Waals surface area contributed by atoms with Gasteiger partial charge in [0.05, 0.1) is 17.6 Å². The molecule has 0 aliphatic carbocycles. The molecular weight excluding hydrogens is 209 g/mol. The Balaban J connectivity index is 2.55. The third kappa shape index (κ3) is 1.74. The molecule has 2 aromatic rings. The van der Waals surface area contributed by atoms with E-state index in [0.29, 0.717) is 30.2 Å². The summed E-state index contributed by atoms with van der Waals surface area (Å²) in [5.41, 5.74) is 7.78. The number of imidazole rings is 1. The molecular formula is C11H14FN3O. The maximum atomic E-state index is 13.3. The van der Waals surface area contributed by atoms with Crippen LogP contribution in [0.4, 0.5) is 10.3 Å². The van der Waals surface area contributed by atoms with Crippen LogP contribution in [0.2, 0.25) is 0 Å². The molecule has 2 N–H and O–H groups in total. The fraction of sp³-hybridized carbons (Fsp3) is 0.364. The summed E-state index contributed by atoms with van der Waals surface area (Å²) in [4.78, 5) is 4.11. The molecule has 1 heterocycles. The third-order valence-corrected chi connectivity index (χ3v) is 2.58. The Morgan fingerprint density at radius 2 is 2.25 bits per heavy atom. The van der Waals surface area contributed by atoms with Crippen LogP contribution in [-0.4, -0.2) is 23.3 Å². The topological polar surface area (TPSA) is 53.1 Å². The van der Waals surface area contributed by atoms with E-state index in [-0.39, 0.29) is 5.82 Å². The van der Waals surface area contributed by atoms with E-state index in [2.05, 4.69) is 4.98 Å². The molecule has 0 atom stereocenters. The van der Waals surface area contributed by atoms with Gasteiger partial charge in [-0.1, -0.05) is 0 Å². The lowest BCUT2D eigenvalue weighted by atomic mass is 10.2. The summed E-state index contributed by atoms with van der Waals surface area (Å²) in [7, 11) is 1.63. The van der Waals surface area contributed by atoms with E-state index in [1.54, 1.807) is 20.1 Å². The number of aromatic nitrogens is 2. The van der Waals surface area contributed by atoms with Crippen LogP contribution < -0.4 is 5.73 Å². The van der Waals surface area contributed by atoms with Gasteiger partial charge in [-0.15, -0.1) is 0 Å². The Labute approximate surface area is 92.8 Å². The Kier molecular flexibility index (Phi) is 2.78. The quantitative estimate of drug-likeness (QED) is 0.861. The highest BCUT2D eigenvalue weighted by Crippen LogP contribution is 2.21. The molecule has 0 bridgehead atoms. The van der Waals surface area contributed by atoms with Gasteiger partial charge < -0.3 is 15.0 Å². The second kappa shape index (κ2) is 4.09. The second-order valence-corrected chi connectivity index (χ2v) is 3.70.